The normalized spacial score (nSPS) is 29.9. The van der Waals surface area contributed by atoms with Crippen LogP contribution in [-0.4, -0.2) is 6.04 Å². The van der Waals surface area contributed by atoms with Gasteiger partial charge in [-0.1, -0.05) is 31.2 Å². The summed E-state index contributed by atoms with van der Waals surface area (Å²) in [6.07, 6.45) is 5.36. The Morgan fingerprint density at radius 2 is 1.93 bits per heavy atom. The smallest absolute Gasteiger partial charge is 0.0351 e. The largest absolute Gasteiger partial charge is 0.307 e. The van der Waals surface area contributed by atoms with Crippen molar-refractivity contribution < 1.29 is 0 Å². The molecule has 80 valence electrons. The molecule has 0 spiro atoms. The van der Waals surface area contributed by atoms with Crippen molar-refractivity contribution in [3.8, 4) is 0 Å². The Morgan fingerprint density at radius 1 is 1.13 bits per heavy atom. The van der Waals surface area contributed by atoms with Gasteiger partial charge in [-0.05, 0) is 42.7 Å². The third-order valence-electron chi connectivity index (χ3n) is 3.82. The molecule has 0 saturated heterocycles. The van der Waals surface area contributed by atoms with Crippen molar-refractivity contribution in [2.45, 2.75) is 44.7 Å². The average Bonchev–Trinajstić information content (AvgIpc) is 3.06. The third kappa shape index (κ3) is 1.81. The van der Waals surface area contributed by atoms with Crippen molar-refractivity contribution in [3.05, 3.63) is 35.4 Å². The average molecular weight is 201 g/mol. The number of rotatable bonds is 2. The number of benzene rings is 1. The summed E-state index contributed by atoms with van der Waals surface area (Å²) >= 11 is 0. The Kier molecular flexibility index (Phi) is 2.28. The van der Waals surface area contributed by atoms with E-state index in [9.17, 15) is 0 Å². The lowest BCUT2D eigenvalue weighted by Crippen LogP contribution is -2.32. The van der Waals surface area contributed by atoms with Crippen molar-refractivity contribution in [1.82, 2.24) is 5.32 Å². The van der Waals surface area contributed by atoms with Crippen LogP contribution >= 0.6 is 0 Å². The van der Waals surface area contributed by atoms with E-state index in [2.05, 4.69) is 36.5 Å². The lowest BCUT2D eigenvalue weighted by molar-refractivity contribution is 0.342. The van der Waals surface area contributed by atoms with Crippen LogP contribution in [0.2, 0.25) is 0 Å². The standard InChI is InChI=1S/C14H19N/c1-10-6-7-11-4-2-3-5-13(11)14(10)15-12-8-9-12/h2-5,10,12,14-15H,6-9H2,1H3. The van der Waals surface area contributed by atoms with Crippen molar-refractivity contribution in [2.24, 2.45) is 5.92 Å². The first-order valence-corrected chi connectivity index (χ1v) is 6.18. The van der Waals surface area contributed by atoms with Crippen molar-refractivity contribution >= 4 is 0 Å². The Balaban J connectivity index is 1.90. The van der Waals surface area contributed by atoms with Crippen LogP contribution in [0.25, 0.3) is 0 Å². The molecule has 15 heavy (non-hydrogen) atoms. The highest BCUT2D eigenvalue weighted by Gasteiger charge is 2.31. The summed E-state index contributed by atoms with van der Waals surface area (Å²) in [6, 6.07) is 10.4. The molecule has 1 aromatic rings. The summed E-state index contributed by atoms with van der Waals surface area (Å²) in [5, 5.41) is 3.80. The number of fused-ring (bicyclic) bond motifs is 1. The summed E-state index contributed by atoms with van der Waals surface area (Å²) in [4.78, 5) is 0. The van der Waals surface area contributed by atoms with Gasteiger partial charge in [0.15, 0.2) is 0 Å². The first kappa shape index (κ1) is 9.41. The molecule has 1 nitrogen and oxygen atoms in total. The molecule has 2 aliphatic rings. The van der Waals surface area contributed by atoms with Gasteiger partial charge in [0.05, 0.1) is 0 Å². The van der Waals surface area contributed by atoms with Gasteiger partial charge in [-0.15, -0.1) is 0 Å². The summed E-state index contributed by atoms with van der Waals surface area (Å²) in [5.41, 5.74) is 3.12. The number of aryl methyl sites for hydroxylation is 1. The Bertz CT molecular complexity index is 354. The van der Waals surface area contributed by atoms with Crippen LogP contribution in [0.4, 0.5) is 0 Å². The fraction of sp³-hybridized carbons (Fsp3) is 0.571. The Hall–Kier alpha value is -0.820. The lowest BCUT2D eigenvalue weighted by atomic mass is 9.80. The Morgan fingerprint density at radius 3 is 2.73 bits per heavy atom. The van der Waals surface area contributed by atoms with E-state index >= 15 is 0 Å². The van der Waals surface area contributed by atoms with E-state index in [0.717, 1.165) is 12.0 Å². The molecule has 3 rings (SSSR count). The van der Waals surface area contributed by atoms with Gasteiger partial charge in [0.1, 0.15) is 0 Å². The highest BCUT2D eigenvalue weighted by molar-refractivity contribution is 5.33. The zero-order valence-electron chi connectivity index (χ0n) is 9.37. The van der Waals surface area contributed by atoms with Crippen molar-refractivity contribution in [1.29, 1.82) is 0 Å². The van der Waals surface area contributed by atoms with Gasteiger partial charge in [0, 0.05) is 12.1 Å². The van der Waals surface area contributed by atoms with E-state index in [4.69, 9.17) is 0 Å². The van der Waals surface area contributed by atoms with Gasteiger partial charge in [-0.2, -0.15) is 0 Å². The van der Waals surface area contributed by atoms with Crippen molar-refractivity contribution in [3.63, 3.8) is 0 Å². The molecule has 1 heteroatoms. The summed E-state index contributed by atoms with van der Waals surface area (Å²) in [5.74, 6) is 0.792. The lowest BCUT2D eigenvalue weighted by Gasteiger charge is -2.32. The Labute approximate surface area is 91.9 Å². The second-order valence-electron chi connectivity index (χ2n) is 5.13. The summed E-state index contributed by atoms with van der Waals surface area (Å²) in [7, 11) is 0. The predicted octanol–water partition coefficient (Wildman–Crippen LogP) is 3.06. The second-order valence-corrected chi connectivity index (χ2v) is 5.13. The molecule has 0 radical (unpaired) electrons. The monoisotopic (exact) mass is 201 g/mol. The molecular weight excluding hydrogens is 182 g/mol. The molecule has 0 bridgehead atoms. The summed E-state index contributed by atoms with van der Waals surface area (Å²) in [6.45, 7) is 2.38. The molecule has 2 atom stereocenters. The van der Waals surface area contributed by atoms with Gasteiger partial charge >= 0.3 is 0 Å². The maximum absolute atomic E-state index is 3.80. The van der Waals surface area contributed by atoms with Crippen molar-refractivity contribution in [2.75, 3.05) is 0 Å². The van der Waals surface area contributed by atoms with Crippen LogP contribution in [0.15, 0.2) is 24.3 Å². The molecule has 1 aromatic carbocycles. The highest BCUT2D eigenvalue weighted by atomic mass is 15.0. The molecule has 1 saturated carbocycles. The minimum absolute atomic E-state index is 0.613. The van der Waals surface area contributed by atoms with E-state index in [1.807, 2.05) is 0 Å². The predicted molar refractivity (Wildman–Crippen MR) is 62.8 cm³/mol. The van der Waals surface area contributed by atoms with Crippen LogP contribution < -0.4 is 5.32 Å². The fourth-order valence-electron chi connectivity index (χ4n) is 2.68. The maximum atomic E-state index is 3.80. The van der Waals surface area contributed by atoms with Gasteiger partial charge in [0.2, 0.25) is 0 Å². The van der Waals surface area contributed by atoms with E-state index in [1.165, 1.54) is 25.7 Å². The third-order valence-corrected chi connectivity index (χ3v) is 3.82. The minimum atomic E-state index is 0.613. The second kappa shape index (κ2) is 3.64. The minimum Gasteiger partial charge on any atom is -0.307 e. The van der Waals surface area contributed by atoms with E-state index < -0.39 is 0 Å². The van der Waals surface area contributed by atoms with Gasteiger partial charge in [-0.25, -0.2) is 0 Å². The first-order valence-electron chi connectivity index (χ1n) is 6.18. The quantitative estimate of drug-likeness (QED) is 0.775. The molecule has 0 heterocycles. The number of hydrogen-bond donors (Lipinski definition) is 1. The van der Waals surface area contributed by atoms with Gasteiger partial charge in [0.25, 0.3) is 0 Å². The maximum Gasteiger partial charge on any atom is 0.0351 e. The molecule has 0 aromatic heterocycles. The highest BCUT2D eigenvalue weighted by Crippen LogP contribution is 2.36. The molecular formula is C14H19N. The molecule has 2 unspecified atom stereocenters. The first-order chi connectivity index (χ1) is 7.34. The van der Waals surface area contributed by atoms with Crippen LogP contribution in [0.3, 0.4) is 0 Å². The van der Waals surface area contributed by atoms with E-state index in [-0.39, 0.29) is 0 Å². The van der Waals surface area contributed by atoms with Crippen LogP contribution in [0, 0.1) is 5.92 Å². The SMILES string of the molecule is CC1CCc2ccccc2C1NC1CC1. The topological polar surface area (TPSA) is 12.0 Å². The van der Waals surface area contributed by atoms with Crippen LogP contribution in [-0.2, 0) is 6.42 Å². The van der Waals surface area contributed by atoms with Crippen LogP contribution in [0.5, 0.6) is 0 Å². The number of hydrogen-bond acceptors (Lipinski definition) is 1. The van der Waals surface area contributed by atoms with Crippen LogP contribution in [0.1, 0.15) is 43.4 Å². The zero-order chi connectivity index (χ0) is 10.3. The molecule has 2 aliphatic carbocycles. The summed E-state index contributed by atoms with van der Waals surface area (Å²) < 4.78 is 0. The molecule has 1 N–H and O–H groups in total. The van der Waals surface area contributed by atoms with Gasteiger partial charge in [-0.3, -0.25) is 0 Å². The molecule has 0 amide bonds. The molecule has 0 aliphatic heterocycles. The number of nitrogens with one attached hydrogen (secondary N) is 1. The zero-order valence-corrected chi connectivity index (χ0v) is 9.37. The van der Waals surface area contributed by atoms with E-state index in [1.54, 1.807) is 11.1 Å². The molecule has 1 fully saturated rings. The van der Waals surface area contributed by atoms with E-state index in [0.29, 0.717) is 6.04 Å². The van der Waals surface area contributed by atoms with Gasteiger partial charge < -0.3 is 5.32 Å². The fourth-order valence-corrected chi connectivity index (χ4v) is 2.68.